The molecule has 0 aliphatic heterocycles. The molecule has 0 unspecified atom stereocenters. The van der Waals surface area contributed by atoms with Crippen LogP contribution in [0.3, 0.4) is 0 Å². The van der Waals surface area contributed by atoms with Gasteiger partial charge in [0.1, 0.15) is 6.07 Å². The monoisotopic (exact) mass is 311 g/mol. The van der Waals surface area contributed by atoms with Crippen molar-refractivity contribution in [2.45, 2.75) is 9.79 Å². The van der Waals surface area contributed by atoms with Gasteiger partial charge in [0.15, 0.2) is 0 Å². The summed E-state index contributed by atoms with van der Waals surface area (Å²) >= 11 is 7.04. The van der Waals surface area contributed by atoms with E-state index in [0.717, 1.165) is 0 Å². The lowest BCUT2D eigenvalue weighted by atomic mass is 10.2. The number of benzene rings is 1. The molecule has 14 heavy (non-hydrogen) atoms. The van der Waals surface area contributed by atoms with Crippen LogP contribution in [0, 0.1) is 11.3 Å². The highest BCUT2D eigenvalue weighted by Crippen LogP contribution is 2.30. The van der Waals surface area contributed by atoms with Gasteiger partial charge in [0.05, 0.1) is 10.5 Å². The smallest absolute Gasteiger partial charge is 0.207 e. The molecule has 1 aromatic rings. The van der Waals surface area contributed by atoms with Crippen molar-refractivity contribution in [1.29, 1.82) is 5.26 Å². The zero-order valence-corrected chi connectivity index (χ0v) is 10.6. The van der Waals surface area contributed by atoms with E-state index in [0.29, 0.717) is 4.47 Å². The molecule has 0 aliphatic carbocycles. The molecule has 1 aromatic carbocycles. The second kappa shape index (κ2) is 4.11. The molecule has 7 heteroatoms. The Morgan fingerprint density at radius 3 is 2.50 bits per heavy atom. The lowest BCUT2D eigenvalue weighted by Gasteiger charge is -2.03. The molecule has 0 heterocycles. The van der Waals surface area contributed by atoms with Gasteiger partial charge < -0.3 is 0 Å². The van der Waals surface area contributed by atoms with Crippen molar-refractivity contribution in [1.82, 2.24) is 0 Å². The van der Waals surface area contributed by atoms with Crippen molar-refractivity contribution >= 4 is 48.3 Å². The van der Waals surface area contributed by atoms with Gasteiger partial charge >= 0.3 is 0 Å². The van der Waals surface area contributed by atoms with E-state index in [4.69, 9.17) is 15.9 Å². The molecule has 0 N–H and O–H groups in total. The Kier molecular flexibility index (Phi) is 3.48. The summed E-state index contributed by atoms with van der Waals surface area (Å²) in [7, 11) is 1.28. The summed E-state index contributed by atoms with van der Waals surface area (Å²) in [6.45, 7) is 0. The average Bonchev–Trinajstić information content (AvgIpc) is 2.02. The number of nitriles is 1. The largest absolute Gasteiger partial charge is 0.262 e. The van der Waals surface area contributed by atoms with Crippen LogP contribution in [0.25, 0.3) is 0 Å². The van der Waals surface area contributed by atoms with Crippen molar-refractivity contribution in [2.75, 3.05) is 0 Å². The fourth-order valence-corrected chi connectivity index (χ4v) is 3.14. The highest BCUT2D eigenvalue weighted by atomic mass is 79.9. The Morgan fingerprint density at radius 2 is 2.07 bits per heavy atom. The third kappa shape index (κ3) is 2.23. The van der Waals surface area contributed by atoms with E-state index in [1.54, 1.807) is 0 Å². The summed E-state index contributed by atoms with van der Waals surface area (Å²) in [5.74, 6) is 0. The quantitative estimate of drug-likeness (QED) is 0.640. The molecule has 0 bridgehead atoms. The lowest BCUT2D eigenvalue weighted by molar-refractivity contribution is 0.607. The summed E-state index contributed by atoms with van der Waals surface area (Å²) in [6, 6.07) is 4.55. The van der Waals surface area contributed by atoms with E-state index >= 15 is 0 Å². The maximum absolute atomic E-state index is 11.0. The fraction of sp³-hybridized carbons (Fsp3) is 0. The minimum Gasteiger partial charge on any atom is -0.207 e. The molecular formula is C7H3BrClNO2S2. The van der Waals surface area contributed by atoms with Crippen LogP contribution in [0.4, 0.5) is 0 Å². The summed E-state index contributed by atoms with van der Waals surface area (Å²) in [5, 5.41) is 8.72. The molecule has 0 aromatic heterocycles. The first-order valence-electron chi connectivity index (χ1n) is 3.24. The zero-order valence-electron chi connectivity index (χ0n) is 6.53. The molecule has 0 saturated carbocycles. The van der Waals surface area contributed by atoms with E-state index in [9.17, 15) is 8.42 Å². The highest BCUT2D eigenvalue weighted by Gasteiger charge is 2.18. The maximum atomic E-state index is 11.0. The topological polar surface area (TPSA) is 57.9 Å². The Hall–Kier alpha value is -0.220. The molecule has 3 nitrogen and oxygen atoms in total. The van der Waals surface area contributed by atoms with Gasteiger partial charge in [-0.3, -0.25) is 0 Å². The molecule has 0 spiro atoms. The van der Waals surface area contributed by atoms with Crippen LogP contribution in [0.5, 0.6) is 0 Å². The Balaban J connectivity index is 3.62. The van der Waals surface area contributed by atoms with Crippen LogP contribution < -0.4 is 0 Å². The van der Waals surface area contributed by atoms with Crippen LogP contribution in [-0.2, 0) is 9.05 Å². The SMILES string of the molecule is N#Cc1c(Br)ccc(S(=O)(=O)Cl)c1S. The standard InChI is InChI=1S/C7H3BrClNO2S2/c8-5-1-2-6(14(9,11)12)7(13)4(5)3-10/h1-2,13H. The van der Waals surface area contributed by atoms with Gasteiger partial charge in [0.25, 0.3) is 9.05 Å². The van der Waals surface area contributed by atoms with Crippen LogP contribution in [-0.4, -0.2) is 8.42 Å². The molecule has 0 atom stereocenters. The number of rotatable bonds is 1. The predicted molar refractivity (Wildman–Crippen MR) is 59.1 cm³/mol. The normalized spacial score (nSPS) is 11.0. The Morgan fingerprint density at radius 1 is 1.50 bits per heavy atom. The van der Waals surface area contributed by atoms with E-state index < -0.39 is 9.05 Å². The van der Waals surface area contributed by atoms with Crippen molar-refractivity contribution < 1.29 is 8.42 Å². The molecule has 0 aliphatic rings. The van der Waals surface area contributed by atoms with Crippen LogP contribution in [0.1, 0.15) is 5.56 Å². The fourth-order valence-electron chi connectivity index (χ4n) is 0.851. The minimum atomic E-state index is -3.86. The second-order valence-electron chi connectivity index (χ2n) is 2.32. The summed E-state index contributed by atoms with van der Waals surface area (Å²) in [4.78, 5) is -0.112. The van der Waals surface area contributed by atoms with Gasteiger partial charge in [-0.2, -0.15) is 5.26 Å². The number of hydrogen-bond donors (Lipinski definition) is 1. The molecule has 0 radical (unpaired) electrons. The second-order valence-corrected chi connectivity index (χ2v) is 6.15. The lowest BCUT2D eigenvalue weighted by Crippen LogP contribution is -1.95. The molecule has 0 amide bonds. The van der Waals surface area contributed by atoms with Gasteiger partial charge in [0.2, 0.25) is 0 Å². The van der Waals surface area contributed by atoms with Gasteiger partial charge in [-0.1, -0.05) is 0 Å². The van der Waals surface area contributed by atoms with E-state index in [1.807, 2.05) is 6.07 Å². The summed E-state index contributed by atoms with van der Waals surface area (Å²) in [5.41, 5.74) is 0.148. The van der Waals surface area contributed by atoms with Crippen LogP contribution in [0.2, 0.25) is 0 Å². The first-order chi connectivity index (χ1) is 6.38. The van der Waals surface area contributed by atoms with Crippen LogP contribution >= 0.6 is 39.2 Å². The Labute approximate surface area is 99.6 Å². The molecule has 1 rings (SSSR count). The molecule has 0 saturated heterocycles. The third-order valence-corrected chi connectivity index (χ3v) is 4.11. The van der Waals surface area contributed by atoms with E-state index in [1.165, 1.54) is 12.1 Å². The summed E-state index contributed by atoms with van der Waals surface area (Å²) in [6.07, 6.45) is 0. The van der Waals surface area contributed by atoms with Crippen molar-refractivity contribution in [3.05, 3.63) is 22.2 Å². The van der Waals surface area contributed by atoms with Crippen molar-refractivity contribution in [2.24, 2.45) is 0 Å². The van der Waals surface area contributed by atoms with Gasteiger partial charge in [-0.05, 0) is 28.1 Å². The Bertz CT molecular complexity index is 521. The highest BCUT2D eigenvalue weighted by molar-refractivity contribution is 9.10. The molecule has 74 valence electrons. The number of thiol groups is 1. The zero-order chi connectivity index (χ0) is 10.9. The predicted octanol–water partition coefficient (Wildman–Crippen LogP) is 2.54. The minimum absolute atomic E-state index is 0.0527. The van der Waals surface area contributed by atoms with E-state index in [2.05, 4.69) is 28.6 Å². The first-order valence-corrected chi connectivity index (χ1v) is 6.79. The number of hydrogen-bond acceptors (Lipinski definition) is 4. The number of halogens is 2. The van der Waals surface area contributed by atoms with E-state index in [-0.39, 0.29) is 15.4 Å². The molecule has 0 fully saturated rings. The van der Waals surface area contributed by atoms with Crippen molar-refractivity contribution in [3.8, 4) is 6.07 Å². The van der Waals surface area contributed by atoms with Gasteiger partial charge in [-0.25, -0.2) is 8.42 Å². The van der Waals surface area contributed by atoms with Gasteiger partial charge in [-0.15, -0.1) is 12.6 Å². The average molecular weight is 313 g/mol. The number of nitrogens with zero attached hydrogens (tertiary/aromatic N) is 1. The maximum Gasteiger partial charge on any atom is 0.262 e. The van der Waals surface area contributed by atoms with Gasteiger partial charge in [0, 0.05) is 20.1 Å². The van der Waals surface area contributed by atoms with Crippen molar-refractivity contribution in [3.63, 3.8) is 0 Å². The third-order valence-electron chi connectivity index (χ3n) is 1.46. The summed E-state index contributed by atoms with van der Waals surface area (Å²) < 4.78 is 22.5. The molecular weight excluding hydrogens is 310 g/mol. The first kappa shape index (κ1) is 11.9. The van der Waals surface area contributed by atoms with Crippen LogP contribution in [0.15, 0.2) is 26.4 Å².